The van der Waals surface area contributed by atoms with Gasteiger partial charge in [0.1, 0.15) is 11.4 Å². The molecule has 0 aliphatic carbocycles. The van der Waals surface area contributed by atoms with Gasteiger partial charge in [-0.1, -0.05) is 24.3 Å². The van der Waals surface area contributed by atoms with E-state index in [9.17, 15) is 9.59 Å². The summed E-state index contributed by atoms with van der Waals surface area (Å²) in [5.74, 6) is -0.431. The van der Waals surface area contributed by atoms with E-state index in [-0.39, 0.29) is 18.2 Å². The molecular formula is C11H13ClN4O2. The van der Waals surface area contributed by atoms with Crippen LogP contribution in [0.4, 0.5) is 4.79 Å². The van der Waals surface area contributed by atoms with E-state index in [1.54, 1.807) is 31.2 Å². The van der Waals surface area contributed by atoms with E-state index >= 15 is 0 Å². The highest BCUT2D eigenvalue weighted by Gasteiger charge is 2.43. The monoisotopic (exact) mass is 268 g/mol. The van der Waals surface area contributed by atoms with Gasteiger partial charge in [0, 0.05) is 5.56 Å². The van der Waals surface area contributed by atoms with Gasteiger partial charge < -0.3 is 11.1 Å². The first-order chi connectivity index (χ1) is 7.93. The molecule has 18 heavy (non-hydrogen) atoms. The maximum Gasteiger partial charge on any atom is 0.322 e. The lowest BCUT2D eigenvalue weighted by atomic mass is 9.91. The largest absolute Gasteiger partial charge is 0.384 e. The fourth-order valence-corrected chi connectivity index (χ4v) is 1.73. The molecule has 0 bridgehead atoms. The van der Waals surface area contributed by atoms with Crippen LogP contribution < -0.4 is 16.4 Å². The lowest BCUT2D eigenvalue weighted by Crippen LogP contribution is -2.40. The molecule has 96 valence electrons. The number of rotatable bonds is 2. The zero-order chi connectivity index (χ0) is 12.6. The Morgan fingerprint density at radius 1 is 1.28 bits per heavy atom. The molecule has 1 aliphatic heterocycles. The number of halogens is 1. The van der Waals surface area contributed by atoms with Crippen molar-refractivity contribution in [2.45, 2.75) is 12.5 Å². The van der Waals surface area contributed by atoms with Crippen molar-refractivity contribution < 1.29 is 9.59 Å². The molecule has 3 amide bonds. The molecule has 0 unspecified atom stereocenters. The summed E-state index contributed by atoms with van der Waals surface area (Å²) in [6.45, 7) is 1.62. The molecule has 5 N–H and O–H groups in total. The third kappa shape index (κ3) is 2.14. The number of carbonyl (C=O) groups excluding carboxylic acids is 2. The van der Waals surface area contributed by atoms with E-state index in [2.05, 4.69) is 10.6 Å². The second-order valence-corrected chi connectivity index (χ2v) is 4.02. The molecule has 1 fully saturated rings. The summed E-state index contributed by atoms with van der Waals surface area (Å²) in [5, 5.41) is 12.0. The fourth-order valence-electron chi connectivity index (χ4n) is 1.73. The molecular weight excluding hydrogens is 256 g/mol. The summed E-state index contributed by atoms with van der Waals surface area (Å²) >= 11 is 0. The summed E-state index contributed by atoms with van der Waals surface area (Å²) < 4.78 is 0. The van der Waals surface area contributed by atoms with E-state index in [4.69, 9.17) is 11.1 Å². The van der Waals surface area contributed by atoms with Gasteiger partial charge in [0.15, 0.2) is 0 Å². The first-order valence-corrected chi connectivity index (χ1v) is 5.02. The Morgan fingerprint density at radius 3 is 2.22 bits per heavy atom. The zero-order valence-corrected chi connectivity index (χ0v) is 10.4. The van der Waals surface area contributed by atoms with Crippen LogP contribution in [0.1, 0.15) is 18.1 Å². The van der Waals surface area contributed by atoms with Crippen LogP contribution >= 0.6 is 12.4 Å². The van der Waals surface area contributed by atoms with Crippen LogP contribution in [0.25, 0.3) is 0 Å². The van der Waals surface area contributed by atoms with Crippen molar-refractivity contribution in [3.63, 3.8) is 0 Å². The maximum absolute atomic E-state index is 11.7. The molecule has 1 aromatic rings. The molecule has 0 saturated carbocycles. The summed E-state index contributed by atoms with van der Waals surface area (Å²) in [6, 6.07) is 6.11. The maximum atomic E-state index is 11.7. The second-order valence-electron chi connectivity index (χ2n) is 4.02. The summed E-state index contributed by atoms with van der Waals surface area (Å²) in [4.78, 5) is 22.8. The number of nitrogens with one attached hydrogen (secondary N) is 3. The Hall–Kier alpha value is -2.08. The van der Waals surface area contributed by atoms with E-state index in [0.29, 0.717) is 11.1 Å². The number of nitrogen functional groups attached to an aromatic ring is 1. The summed E-state index contributed by atoms with van der Waals surface area (Å²) in [7, 11) is 0. The van der Waals surface area contributed by atoms with Crippen molar-refractivity contribution in [1.82, 2.24) is 10.6 Å². The molecule has 1 saturated heterocycles. The van der Waals surface area contributed by atoms with Gasteiger partial charge in [-0.3, -0.25) is 15.5 Å². The molecule has 1 heterocycles. The predicted octanol–water partition coefficient (Wildman–Crippen LogP) is 0.447. The minimum absolute atomic E-state index is 0. The van der Waals surface area contributed by atoms with Crippen LogP contribution in [0.15, 0.2) is 24.3 Å². The van der Waals surface area contributed by atoms with Crippen molar-refractivity contribution in [2.24, 2.45) is 5.73 Å². The Morgan fingerprint density at radius 2 is 1.83 bits per heavy atom. The standard InChI is InChI=1S/C11H12N4O2.ClH/c1-11(9(16)14-10(17)15-11)7-4-2-6(3-5-7)8(12)13;/h2-5H,1H3,(H3,12,13)(H2,14,15,16,17);1H/t11-;/m0./s1. The number of nitrogens with two attached hydrogens (primary N) is 1. The van der Waals surface area contributed by atoms with Gasteiger partial charge in [-0.15, -0.1) is 12.4 Å². The minimum atomic E-state index is -1.06. The van der Waals surface area contributed by atoms with E-state index < -0.39 is 17.5 Å². The van der Waals surface area contributed by atoms with Crippen LogP contribution in [0.5, 0.6) is 0 Å². The highest BCUT2D eigenvalue weighted by Crippen LogP contribution is 2.24. The molecule has 1 aliphatic rings. The van der Waals surface area contributed by atoms with Crippen LogP contribution in [0.2, 0.25) is 0 Å². The summed E-state index contributed by atoms with van der Waals surface area (Å²) in [5.41, 5.74) is 5.49. The van der Waals surface area contributed by atoms with Crippen LogP contribution in [0.3, 0.4) is 0 Å². The number of hydrogen-bond acceptors (Lipinski definition) is 3. The molecule has 7 heteroatoms. The average molecular weight is 269 g/mol. The van der Waals surface area contributed by atoms with Crippen molar-refractivity contribution in [1.29, 1.82) is 5.41 Å². The minimum Gasteiger partial charge on any atom is -0.384 e. The molecule has 0 aromatic heterocycles. The lowest BCUT2D eigenvalue weighted by Gasteiger charge is -2.21. The van der Waals surface area contributed by atoms with Crippen LogP contribution in [-0.4, -0.2) is 17.8 Å². The lowest BCUT2D eigenvalue weighted by molar-refractivity contribution is -0.123. The van der Waals surface area contributed by atoms with E-state index in [1.807, 2.05) is 0 Å². The molecule has 0 spiro atoms. The van der Waals surface area contributed by atoms with Gasteiger partial charge in [-0.25, -0.2) is 4.79 Å². The van der Waals surface area contributed by atoms with Crippen molar-refractivity contribution >= 4 is 30.2 Å². The van der Waals surface area contributed by atoms with Gasteiger partial charge in [-0.2, -0.15) is 0 Å². The van der Waals surface area contributed by atoms with Crippen LogP contribution in [-0.2, 0) is 10.3 Å². The van der Waals surface area contributed by atoms with E-state index in [0.717, 1.165) is 0 Å². The molecule has 2 rings (SSSR count). The summed E-state index contributed by atoms with van der Waals surface area (Å²) in [6.07, 6.45) is 0. The number of imide groups is 1. The first-order valence-electron chi connectivity index (χ1n) is 5.02. The third-order valence-electron chi connectivity index (χ3n) is 2.82. The van der Waals surface area contributed by atoms with Gasteiger partial charge >= 0.3 is 6.03 Å². The van der Waals surface area contributed by atoms with Crippen LogP contribution in [0, 0.1) is 5.41 Å². The number of amidine groups is 1. The Balaban J connectivity index is 0.00000162. The van der Waals surface area contributed by atoms with Crippen molar-refractivity contribution in [3.05, 3.63) is 35.4 Å². The number of urea groups is 1. The molecule has 1 aromatic carbocycles. The molecule has 6 nitrogen and oxygen atoms in total. The first kappa shape index (κ1) is 14.0. The SMILES string of the molecule is C[C@@]1(c2ccc(C(=N)N)cc2)NC(=O)NC1=O.Cl. The average Bonchev–Trinajstić information content (AvgIpc) is 2.54. The topological polar surface area (TPSA) is 108 Å². The normalized spacial score (nSPS) is 21.8. The van der Waals surface area contributed by atoms with E-state index in [1.165, 1.54) is 0 Å². The number of amides is 3. The van der Waals surface area contributed by atoms with Crippen molar-refractivity contribution in [2.75, 3.05) is 0 Å². The molecule has 1 atom stereocenters. The highest BCUT2D eigenvalue weighted by atomic mass is 35.5. The second kappa shape index (κ2) is 4.66. The fraction of sp³-hybridized carbons (Fsp3) is 0.182. The Bertz CT molecular complexity index is 514. The highest BCUT2D eigenvalue weighted by molar-refractivity contribution is 6.07. The number of hydrogen-bond donors (Lipinski definition) is 4. The quantitative estimate of drug-likeness (QED) is 0.355. The number of benzene rings is 1. The van der Waals surface area contributed by atoms with Gasteiger partial charge in [-0.05, 0) is 12.5 Å². The Labute approximate surface area is 110 Å². The molecule has 0 radical (unpaired) electrons. The van der Waals surface area contributed by atoms with Gasteiger partial charge in [0.2, 0.25) is 0 Å². The van der Waals surface area contributed by atoms with Gasteiger partial charge in [0.05, 0.1) is 0 Å². The Kier molecular flexibility index (Phi) is 3.62. The third-order valence-corrected chi connectivity index (χ3v) is 2.82. The zero-order valence-electron chi connectivity index (χ0n) is 9.61. The number of carbonyl (C=O) groups is 2. The van der Waals surface area contributed by atoms with Gasteiger partial charge in [0.25, 0.3) is 5.91 Å². The predicted molar refractivity (Wildman–Crippen MR) is 68.7 cm³/mol. The smallest absolute Gasteiger partial charge is 0.322 e. The van der Waals surface area contributed by atoms with Crippen molar-refractivity contribution in [3.8, 4) is 0 Å².